The number of anilines is 1. The first-order valence-electron chi connectivity index (χ1n) is 8.74. The summed E-state index contributed by atoms with van der Waals surface area (Å²) in [6.07, 6.45) is 0.129. The van der Waals surface area contributed by atoms with Crippen LogP contribution in [-0.4, -0.2) is 43.1 Å². The van der Waals surface area contributed by atoms with E-state index in [1.165, 1.54) is 24.3 Å². The molecule has 0 bridgehead atoms. The van der Waals surface area contributed by atoms with Crippen LogP contribution in [0.5, 0.6) is 5.75 Å². The van der Waals surface area contributed by atoms with E-state index in [4.69, 9.17) is 4.74 Å². The number of halogens is 2. The molecule has 0 spiro atoms. The molecule has 138 valence electrons. The molecule has 1 amide bonds. The van der Waals surface area contributed by atoms with E-state index in [9.17, 15) is 13.6 Å². The van der Waals surface area contributed by atoms with Gasteiger partial charge in [-0.15, -0.1) is 0 Å². The number of ether oxygens (including phenoxy) is 1. The second kappa shape index (κ2) is 8.17. The number of benzene rings is 2. The number of rotatable bonds is 4. The largest absolute Gasteiger partial charge is 0.481 e. The molecule has 4 nitrogen and oxygen atoms in total. The number of hydrogen-bond acceptors (Lipinski definition) is 3. The summed E-state index contributed by atoms with van der Waals surface area (Å²) in [6, 6.07) is 12.2. The molecule has 0 N–H and O–H groups in total. The van der Waals surface area contributed by atoms with Crippen LogP contribution in [0.4, 0.5) is 14.5 Å². The van der Waals surface area contributed by atoms with Crippen molar-refractivity contribution in [1.82, 2.24) is 4.90 Å². The van der Waals surface area contributed by atoms with Crippen molar-refractivity contribution < 1.29 is 18.3 Å². The fourth-order valence-corrected chi connectivity index (χ4v) is 3.10. The fourth-order valence-electron chi connectivity index (χ4n) is 3.10. The number of carbonyl (C=O) groups excluding carboxylic acids is 1. The molecule has 1 unspecified atom stereocenters. The fraction of sp³-hybridized carbons (Fsp3) is 0.350. The zero-order valence-corrected chi connectivity index (χ0v) is 14.7. The molecular weight excluding hydrogens is 338 g/mol. The second-order valence-electron chi connectivity index (χ2n) is 6.36. The summed E-state index contributed by atoms with van der Waals surface area (Å²) in [4.78, 5) is 16.6. The van der Waals surface area contributed by atoms with Gasteiger partial charge in [0.05, 0.1) is 0 Å². The molecule has 0 radical (unpaired) electrons. The van der Waals surface area contributed by atoms with E-state index in [1.54, 1.807) is 36.1 Å². The molecule has 1 aliphatic rings. The Hall–Kier alpha value is -2.63. The molecule has 2 aromatic rings. The van der Waals surface area contributed by atoms with Gasteiger partial charge < -0.3 is 14.5 Å². The van der Waals surface area contributed by atoms with E-state index in [0.717, 1.165) is 18.7 Å². The Kier molecular flexibility index (Phi) is 5.71. The Morgan fingerprint density at radius 2 is 1.77 bits per heavy atom. The summed E-state index contributed by atoms with van der Waals surface area (Å²) in [7, 11) is 0. The summed E-state index contributed by atoms with van der Waals surface area (Å²) in [5.74, 6) is -0.431. The third-order valence-electron chi connectivity index (χ3n) is 4.46. The Balaban J connectivity index is 1.59. The van der Waals surface area contributed by atoms with Gasteiger partial charge in [-0.2, -0.15) is 0 Å². The normalized spacial score (nSPS) is 16.1. The zero-order chi connectivity index (χ0) is 18.5. The summed E-state index contributed by atoms with van der Waals surface area (Å²) >= 11 is 0. The Labute approximate surface area is 152 Å². The van der Waals surface area contributed by atoms with E-state index in [2.05, 4.69) is 4.90 Å². The van der Waals surface area contributed by atoms with Crippen molar-refractivity contribution in [3.05, 3.63) is 60.2 Å². The number of amides is 1. The van der Waals surface area contributed by atoms with Gasteiger partial charge >= 0.3 is 0 Å². The number of hydrogen-bond donors (Lipinski definition) is 0. The van der Waals surface area contributed by atoms with E-state index in [1.807, 2.05) is 0 Å². The van der Waals surface area contributed by atoms with Gasteiger partial charge in [0.1, 0.15) is 17.4 Å². The first kappa shape index (κ1) is 18.2. The van der Waals surface area contributed by atoms with Crippen LogP contribution in [-0.2, 0) is 4.79 Å². The Morgan fingerprint density at radius 3 is 2.50 bits per heavy atom. The molecule has 2 aromatic carbocycles. The lowest BCUT2D eigenvalue weighted by Crippen LogP contribution is -2.42. The van der Waals surface area contributed by atoms with Crippen molar-refractivity contribution in [2.45, 2.75) is 19.4 Å². The highest BCUT2D eigenvalue weighted by molar-refractivity contribution is 5.81. The molecule has 1 saturated heterocycles. The lowest BCUT2D eigenvalue weighted by Gasteiger charge is -2.25. The Morgan fingerprint density at radius 1 is 1.00 bits per heavy atom. The molecule has 3 rings (SSSR count). The summed E-state index contributed by atoms with van der Waals surface area (Å²) in [6.45, 7) is 4.34. The van der Waals surface area contributed by atoms with Gasteiger partial charge in [0.25, 0.3) is 5.91 Å². The molecule has 1 aliphatic heterocycles. The molecule has 1 heterocycles. The Bertz CT molecular complexity index is 752. The summed E-state index contributed by atoms with van der Waals surface area (Å²) in [5, 5.41) is 0. The first-order valence-corrected chi connectivity index (χ1v) is 8.74. The molecule has 0 aromatic heterocycles. The van der Waals surface area contributed by atoms with Crippen LogP contribution >= 0.6 is 0 Å². The van der Waals surface area contributed by atoms with Crippen LogP contribution in [0.25, 0.3) is 0 Å². The minimum absolute atomic E-state index is 0.116. The lowest BCUT2D eigenvalue weighted by molar-refractivity contribution is -0.137. The van der Waals surface area contributed by atoms with Crippen molar-refractivity contribution in [1.29, 1.82) is 0 Å². The minimum Gasteiger partial charge on any atom is -0.481 e. The van der Waals surface area contributed by atoms with Crippen LogP contribution in [0.2, 0.25) is 0 Å². The monoisotopic (exact) mass is 360 g/mol. The number of nitrogens with zero attached hydrogens (tertiary/aromatic N) is 2. The van der Waals surface area contributed by atoms with Crippen LogP contribution in [0.15, 0.2) is 48.5 Å². The first-order chi connectivity index (χ1) is 12.5. The predicted molar refractivity (Wildman–Crippen MR) is 96.3 cm³/mol. The summed E-state index contributed by atoms with van der Waals surface area (Å²) in [5.41, 5.74) is 0.949. The van der Waals surface area contributed by atoms with E-state index in [-0.39, 0.29) is 11.7 Å². The third-order valence-corrected chi connectivity index (χ3v) is 4.46. The van der Waals surface area contributed by atoms with Crippen molar-refractivity contribution in [3.8, 4) is 5.75 Å². The maximum Gasteiger partial charge on any atom is 0.263 e. The van der Waals surface area contributed by atoms with Gasteiger partial charge in [-0.1, -0.05) is 6.07 Å². The third kappa shape index (κ3) is 4.50. The van der Waals surface area contributed by atoms with Crippen LogP contribution in [0.1, 0.15) is 13.3 Å². The average molecular weight is 360 g/mol. The standard InChI is InChI=1S/C20H22F2N2O2/c1-15(26-19-5-2-4-17(22)14-19)20(25)24-11-3-10-23(12-13-24)18-8-6-16(21)7-9-18/h2,4-9,14-15H,3,10-13H2,1H3. The molecule has 0 saturated carbocycles. The average Bonchev–Trinajstić information content (AvgIpc) is 2.88. The van der Waals surface area contributed by atoms with Crippen molar-refractivity contribution in [3.63, 3.8) is 0 Å². The SMILES string of the molecule is CC(Oc1cccc(F)c1)C(=O)N1CCCN(c2ccc(F)cc2)CC1. The van der Waals surface area contributed by atoms with Crippen molar-refractivity contribution in [2.24, 2.45) is 0 Å². The maximum atomic E-state index is 13.3. The van der Waals surface area contributed by atoms with Crippen LogP contribution in [0, 0.1) is 11.6 Å². The van der Waals surface area contributed by atoms with Crippen LogP contribution < -0.4 is 9.64 Å². The van der Waals surface area contributed by atoms with Gasteiger partial charge in [0.15, 0.2) is 6.10 Å². The summed E-state index contributed by atoms with van der Waals surface area (Å²) < 4.78 is 31.9. The minimum atomic E-state index is -0.686. The molecule has 1 atom stereocenters. The highest BCUT2D eigenvalue weighted by Crippen LogP contribution is 2.19. The van der Waals surface area contributed by atoms with E-state index < -0.39 is 11.9 Å². The van der Waals surface area contributed by atoms with Crippen LogP contribution in [0.3, 0.4) is 0 Å². The van der Waals surface area contributed by atoms with Gasteiger partial charge in [0, 0.05) is 37.9 Å². The molecule has 1 fully saturated rings. The van der Waals surface area contributed by atoms with E-state index in [0.29, 0.717) is 25.4 Å². The van der Waals surface area contributed by atoms with Gasteiger partial charge in [0.2, 0.25) is 0 Å². The highest BCUT2D eigenvalue weighted by Gasteiger charge is 2.24. The smallest absolute Gasteiger partial charge is 0.263 e. The molecule has 0 aliphatic carbocycles. The van der Waals surface area contributed by atoms with Gasteiger partial charge in [-0.3, -0.25) is 4.79 Å². The second-order valence-corrected chi connectivity index (χ2v) is 6.36. The lowest BCUT2D eigenvalue weighted by atomic mass is 10.2. The molecule has 26 heavy (non-hydrogen) atoms. The maximum absolute atomic E-state index is 13.3. The van der Waals surface area contributed by atoms with E-state index >= 15 is 0 Å². The predicted octanol–water partition coefficient (Wildman–Crippen LogP) is 3.47. The van der Waals surface area contributed by atoms with Gasteiger partial charge in [-0.05, 0) is 49.7 Å². The molecular formula is C20H22F2N2O2. The van der Waals surface area contributed by atoms with Gasteiger partial charge in [-0.25, -0.2) is 8.78 Å². The molecule has 6 heteroatoms. The quantitative estimate of drug-likeness (QED) is 0.837. The number of carbonyl (C=O) groups is 1. The van der Waals surface area contributed by atoms with Crippen molar-refractivity contribution >= 4 is 11.6 Å². The highest BCUT2D eigenvalue weighted by atomic mass is 19.1. The zero-order valence-electron chi connectivity index (χ0n) is 14.7. The van der Waals surface area contributed by atoms with Crippen molar-refractivity contribution in [2.75, 3.05) is 31.1 Å². The topological polar surface area (TPSA) is 32.8 Å².